The van der Waals surface area contributed by atoms with Gasteiger partial charge in [-0.15, -0.1) is 0 Å². The highest BCUT2D eigenvalue weighted by Crippen LogP contribution is 2.39. The molecule has 0 aromatic carbocycles. The van der Waals surface area contributed by atoms with Gasteiger partial charge in [-0.3, -0.25) is 4.99 Å². The van der Waals surface area contributed by atoms with E-state index in [0.29, 0.717) is 5.54 Å². The van der Waals surface area contributed by atoms with E-state index in [4.69, 9.17) is 0 Å². The van der Waals surface area contributed by atoms with Gasteiger partial charge in [0, 0.05) is 18.6 Å². The Bertz CT molecular complexity index is 219. The van der Waals surface area contributed by atoms with E-state index in [9.17, 15) is 0 Å². The van der Waals surface area contributed by atoms with Crippen LogP contribution in [0.5, 0.6) is 0 Å². The average Bonchev–Trinajstić information content (AvgIpc) is 2.93. The number of hydrogen-bond donors (Lipinski definition) is 2. The van der Waals surface area contributed by atoms with Crippen molar-refractivity contribution in [2.24, 2.45) is 4.99 Å². The van der Waals surface area contributed by atoms with Gasteiger partial charge in [0.2, 0.25) is 0 Å². The maximum atomic E-state index is 4.53. The number of rotatable bonds is 3. The van der Waals surface area contributed by atoms with E-state index in [1.54, 1.807) is 0 Å². The van der Waals surface area contributed by atoms with E-state index in [1.807, 2.05) is 0 Å². The zero-order chi connectivity index (χ0) is 9.86. The molecule has 14 heavy (non-hydrogen) atoms. The Kier molecular flexibility index (Phi) is 2.94. The smallest absolute Gasteiger partial charge is 0.191 e. The molecule has 3 nitrogen and oxygen atoms in total. The van der Waals surface area contributed by atoms with Gasteiger partial charge in [-0.05, 0) is 32.1 Å². The zero-order valence-electron chi connectivity index (χ0n) is 9.10. The van der Waals surface area contributed by atoms with E-state index < -0.39 is 0 Å². The second-order valence-corrected chi connectivity index (χ2v) is 4.52. The van der Waals surface area contributed by atoms with E-state index in [1.165, 1.54) is 38.5 Å². The largest absolute Gasteiger partial charge is 0.356 e. The molecule has 1 aliphatic heterocycles. The van der Waals surface area contributed by atoms with Gasteiger partial charge < -0.3 is 10.6 Å². The van der Waals surface area contributed by atoms with Crippen LogP contribution in [0.15, 0.2) is 4.99 Å². The average molecular weight is 195 g/mol. The predicted octanol–water partition coefficient (Wildman–Crippen LogP) is 1.65. The van der Waals surface area contributed by atoms with Gasteiger partial charge in [0.1, 0.15) is 0 Å². The molecule has 0 aromatic rings. The fourth-order valence-electron chi connectivity index (χ4n) is 2.09. The minimum Gasteiger partial charge on any atom is -0.356 e. The fourth-order valence-corrected chi connectivity index (χ4v) is 2.09. The van der Waals surface area contributed by atoms with Crippen LogP contribution >= 0.6 is 0 Å². The molecule has 0 radical (unpaired) electrons. The fraction of sp³-hybridized carbons (Fsp3) is 0.909. The molecule has 2 rings (SSSR count). The van der Waals surface area contributed by atoms with Crippen LogP contribution in [-0.4, -0.2) is 24.6 Å². The van der Waals surface area contributed by atoms with Crippen LogP contribution in [0.2, 0.25) is 0 Å². The van der Waals surface area contributed by atoms with Gasteiger partial charge in [-0.2, -0.15) is 0 Å². The molecule has 0 atom stereocenters. The van der Waals surface area contributed by atoms with Crippen molar-refractivity contribution in [1.82, 2.24) is 10.6 Å². The SMILES string of the molecule is CCCC1(NC2=NCCCCN2)CC1. The summed E-state index contributed by atoms with van der Waals surface area (Å²) in [6, 6.07) is 0. The van der Waals surface area contributed by atoms with Crippen LogP contribution in [0.25, 0.3) is 0 Å². The first-order valence-electron chi connectivity index (χ1n) is 5.91. The molecule has 0 saturated heterocycles. The molecule has 1 saturated carbocycles. The molecule has 2 N–H and O–H groups in total. The minimum atomic E-state index is 0.408. The summed E-state index contributed by atoms with van der Waals surface area (Å²) in [5.41, 5.74) is 0.408. The zero-order valence-corrected chi connectivity index (χ0v) is 9.10. The molecular formula is C11H21N3. The highest BCUT2D eigenvalue weighted by atomic mass is 15.2. The lowest BCUT2D eigenvalue weighted by molar-refractivity contribution is 0.532. The molecule has 0 aromatic heterocycles. The van der Waals surface area contributed by atoms with Crippen LogP contribution in [0, 0.1) is 0 Å². The van der Waals surface area contributed by atoms with Crippen molar-refractivity contribution in [2.45, 2.75) is 51.0 Å². The lowest BCUT2D eigenvalue weighted by Crippen LogP contribution is -2.44. The second-order valence-electron chi connectivity index (χ2n) is 4.52. The molecule has 0 amide bonds. The number of hydrogen-bond acceptors (Lipinski definition) is 3. The summed E-state index contributed by atoms with van der Waals surface area (Å²) >= 11 is 0. The molecule has 80 valence electrons. The van der Waals surface area contributed by atoms with Gasteiger partial charge in [0.05, 0.1) is 0 Å². The summed E-state index contributed by atoms with van der Waals surface area (Å²) in [6.45, 7) is 4.32. The molecule has 2 aliphatic rings. The lowest BCUT2D eigenvalue weighted by atomic mass is 10.1. The Balaban J connectivity index is 1.86. The van der Waals surface area contributed by atoms with Crippen molar-refractivity contribution in [3.63, 3.8) is 0 Å². The normalized spacial score (nSPS) is 24.5. The molecule has 1 aliphatic carbocycles. The monoisotopic (exact) mass is 195 g/mol. The van der Waals surface area contributed by atoms with Gasteiger partial charge in [0.25, 0.3) is 0 Å². The van der Waals surface area contributed by atoms with E-state index in [-0.39, 0.29) is 0 Å². The van der Waals surface area contributed by atoms with Crippen LogP contribution in [0.4, 0.5) is 0 Å². The quantitative estimate of drug-likeness (QED) is 0.718. The maximum Gasteiger partial charge on any atom is 0.191 e. The Hall–Kier alpha value is -0.730. The summed E-state index contributed by atoms with van der Waals surface area (Å²) in [6.07, 6.45) is 7.66. The molecular weight excluding hydrogens is 174 g/mol. The topological polar surface area (TPSA) is 36.4 Å². The molecule has 0 spiro atoms. The Labute approximate surface area is 86.4 Å². The summed E-state index contributed by atoms with van der Waals surface area (Å²) in [5, 5.41) is 6.96. The lowest BCUT2D eigenvalue weighted by Gasteiger charge is -2.19. The van der Waals surface area contributed by atoms with E-state index in [0.717, 1.165) is 19.0 Å². The minimum absolute atomic E-state index is 0.408. The van der Waals surface area contributed by atoms with Gasteiger partial charge in [-0.1, -0.05) is 13.3 Å². The molecule has 3 heteroatoms. The first-order valence-corrected chi connectivity index (χ1v) is 5.91. The number of aliphatic imine (C=N–C) groups is 1. The summed E-state index contributed by atoms with van der Waals surface area (Å²) in [5.74, 6) is 1.05. The van der Waals surface area contributed by atoms with Crippen molar-refractivity contribution >= 4 is 5.96 Å². The molecule has 0 unspecified atom stereocenters. The van der Waals surface area contributed by atoms with Crippen molar-refractivity contribution in [2.75, 3.05) is 13.1 Å². The number of nitrogens with one attached hydrogen (secondary N) is 2. The van der Waals surface area contributed by atoms with Gasteiger partial charge in [-0.25, -0.2) is 0 Å². The highest BCUT2D eigenvalue weighted by Gasteiger charge is 2.42. The second kappa shape index (κ2) is 4.20. The third kappa shape index (κ3) is 2.40. The van der Waals surface area contributed by atoms with Crippen molar-refractivity contribution in [3.05, 3.63) is 0 Å². The Morgan fingerprint density at radius 1 is 1.43 bits per heavy atom. The summed E-state index contributed by atoms with van der Waals surface area (Å²) < 4.78 is 0. The third-order valence-corrected chi connectivity index (χ3v) is 3.11. The Morgan fingerprint density at radius 2 is 2.29 bits per heavy atom. The summed E-state index contributed by atoms with van der Waals surface area (Å²) in [7, 11) is 0. The maximum absolute atomic E-state index is 4.53. The van der Waals surface area contributed by atoms with Gasteiger partial charge in [0.15, 0.2) is 5.96 Å². The van der Waals surface area contributed by atoms with Crippen LogP contribution in [0.3, 0.4) is 0 Å². The van der Waals surface area contributed by atoms with Crippen LogP contribution in [-0.2, 0) is 0 Å². The molecule has 1 fully saturated rings. The molecule has 1 heterocycles. The standard InChI is InChI=1S/C11H21N3/c1-2-5-11(6-7-11)14-10-12-8-3-4-9-13-10/h2-9H2,1H3,(H2,12,13,14). The first-order chi connectivity index (χ1) is 6.85. The first kappa shape index (κ1) is 9.81. The van der Waals surface area contributed by atoms with E-state index in [2.05, 4.69) is 22.5 Å². The third-order valence-electron chi connectivity index (χ3n) is 3.11. The van der Waals surface area contributed by atoms with Crippen molar-refractivity contribution in [1.29, 1.82) is 0 Å². The van der Waals surface area contributed by atoms with Crippen LogP contribution in [0.1, 0.15) is 45.4 Å². The predicted molar refractivity (Wildman–Crippen MR) is 59.5 cm³/mol. The summed E-state index contributed by atoms with van der Waals surface area (Å²) in [4.78, 5) is 4.53. The highest BCUT2D eigenvalue weighted by molar-refractivity contribution is 5.81. The molecule has 0 bridgehead atoms. The number of nitrogens with zero attached hydrogens (tertiary/aromatic N) is 1. The Morgan fingerprint density at radius 3 is 3.00 bits per heavy atom. The van der Waals surface area contributed by atoms with Crippen molar-refractivity contribution in [3.8, 4) is 0 Å². The van der Waals surface area contributed by atoms with E-state index >= 15 is 0 Å². The van der Waals surface area contributed by atoms with Crippen molar-refractivity contribution < 1.29 is 0 Å². The van der Waals surface area contributed by atoms with Gasteiger partial charge >= 0.3 is 0 Å². The number of guanidine groups is 1. The van der Waals surface area contributed by atoms with Crippen LogP contribution < -0.4 is 10.6 Å².